The predicted octanol–water partition coefficient (Wildman–Crippen LogP) is 5.06. The van der Waals surface area contributed by atoms with Crippen molar-refractivity contribution >= 4 is 17.7 Å². The summed E-state index contributed by atoms with van der Waals surface area (Å²) < 4.78 is 49.4. The van der Waals surface area contributed by atoms with Crippen molar-refractivity contribution in [3.63, 3.8) is 0 Å². The van der Waals surface area contributed by atoms with E-state index in [-0.39, 0.29) is 35.2 Å². The molecule has 1 amide bonds. The Morgan fingerprint density at radius 3 is 2.30 bits per heavy atom. The van der Waals surface area contributed by atoms with E-state index in [1.165, 1.54) is 0 Å². The Bertz CT molecular complexity index is 707. The van der Waals surface area contributed by atoms with E-state index in [1.54, 1.807) is 4.90 Å². The Morgan fingerprint density at radius 2 is 1.81 bits per heavy atom. The van der Waals surface area contributed by atoms with Crippen molar-refractivity contribution in [2.45, 2.75) is 76.4 Å². The minimum absolute atomic E-state index is 0.0141. The average molecular weight is 407 g/mol. The Balaban J connectivity index is 1.66. The fourth-order valence-corrected chi connectivity index (χ4v) is 3.87. The van der Waals surface area contributed by atoms with Crippen LogP contribution in [0.3, 0.4) is 0 Å². The first-order valence-electron chi connectivity index (χ1n) is 8.85. The molecule has 3 heterocycles. The number of nitrogens with zero attached hydrogens (tertiary/aromatic N) is 2. The van der Waals surface area contributed by atoms with Gasteiger partial charge in [0.1, 0.15) is 16.7 Å². The number of carbonyl (C=O) groups is 1. The first-order valence-corrected chi connectivity index (χ1v) is 9.22. The molecule has 0 spiro atoms. The second kappa shape index (κ2) is 7.04. The molecule has 1 aromatic rings. The molecule has 0 N–H and O–H groups in total. The van der Waals surface area contributed by atoms with Crippen LogP contribution in [0.5, 0.6) is 5.88 Å². The summed E-state index contributed by atoms with van der Waals surface area (Å²) in [6.07, 6.45) is -1.57. The van der Waals surface area contributed by atoms with Crippen LogP contribution >= 0.6 is 11.6 Å². The highest BCUT2D eigenvalue weighted by molar-refractivity contribution is 6.31. The molecule has 2 atom stereocenters. The number of aromatic nitrogens is 1. The van der Waals surface area contributed by atoms with Crippen molar-refractivity contribution in [3.8, 4) is 5.88 Å². The highest BCUT2D eigenvalue weighted by Gasteiger charge is 2.45. The van der Waals surface area contributed by atoms with Gasteiger partial charge in [0.05, 0.1) is 5.56 Å². The first kappa shape index (κ1) is 20.0. The number of alkyl halides is 3. The number of fused-ring (bicyclic) bond motifs is 2. The second-order valence-electron chi connectivity index (χ2n) is 7.99. The van der Waals surface area contributed by atoms with Crippen LogP contribution in [0, 0.1) is 0 Å². The Kier molecular flexibility index (Phi) is 5.22. The molecular formula is C18H22ClF3N2O3. The van der Waals surface area contributed by atoms with Crippen LogP contribution in [0.15, 0.2) is 12.3 Å². The van der Waals surface area contributed by atoms with Crippen LogP contribution in [0.2, 0.25) is 5.02 Å². The number of rotatable bonds is 2. The number of hydrogen-bond donors (Lipinski definition) is 0. The van der Waals surface area contributed by atoms with Gasteiger partial charge in [-0.3, -0.25) is 0 Å². The molecule has 2 saturated heterocycles. The maximum atomic E-state index is 12.7. The number of carbonyl (C=O) groups excluding carboxylic acids is 1. The third-order valence-electron chi connectivity index (χ3n) is 4.71. The zero-order valence-electron chi connectivity index (χ0n) is 15.3. The van der Waals surface area contributed by atoms with E-state index >= 15 is 0 Å². The van der Waals surface area contributed by atoms with E-state index in [0.717, 1.165) is 18.9 Å². The number of hydrogen-bond acceptors (Lipinski definition) is 4. The maximum Gasteiger partial charge on any atom is 0.417 e. The molecule has 2 bridgehead atoms. The second-order valence-corrected chi connectivity index (χ2v) is 8.40. The number of ether oxygens (including phenoxy) is 2. The lowest BCUT2D eigenvalue weighted by molar-refractivity contribution is -0.137. The molecule has 1 aromatic heterocycles. The van der Waals surface area contributed by atoms with E-state index in [2.05, 4.69) is 4.98 Å². The SMILES string of the molecule is CC(C)(C)OC(=O)N1C2CCC1CC(Oc1ncc(C(F)(F)F)cc1Cl)C2. The summed E-state index contributed by atoms with van der Waals surface area (Å²) in [4.78, 5) is 18.0. The van der Waals surface area contributed by atoms with Gasteiger partial charge in [0.25, 0.3) is 0 Å². The lowest BCUT2D eigenvalue weighted by Gasteiger charge is -2.39. The summed E-state index contributed by atoms with van der Waals surface area (Å²) in [6, 6.07) is 0.780. The molecule has 3 rings (SSSR count). The number of halogens is 4. The molecule has 150 valence electrons. The lowest BCUT2D eigenvalue weighted by atomic mass is 10.0. The standard InChI is InChI=1S/C18H22ClF3N2O3/c1-17(2,3)27-16(25)24-11-4-5-12(24)8-13(7-11)26-15-14(19)6-10(9-23-15)18(20,21)22/h6,9,11-13H,4-5,7-8H2,1-3H3. The number of piperidine rings is 1. The highest BCUT2D eigenvalue weighted by Crippen LogP contribution is 2.39. The molecule has 2 aliphatic rings. The minimum Gasteiger partial charge on any atom is -0.473 e. The first-order chi connectivity index (χ1) is 12.4. The van der Waals surface area contributed by atoms with Gasteiger partial charge in [-0.15, -0.1) is 0 Å². The van der Waals surface area contributed by atoms with Crippen molar-refractivity contribution in [1.82, 2.24) is 9.88 Å². The predicted molar refractivity (Wildman–Crippen MR) is 92.8 cm³/mol. The molecule has 0 saturated carbocycles. The summed E-state index contributed by atoms with van der Waals surface area (Å²) >= 11 is 5.92. The molecule has 2 unspecified atom stereocenters. The van der Waals surface area contributed by atoms with Crippen molar-refractivity contribution in [2.24, 2.45) is 0 Å². The van der Waals surface area contributed by atoms with Crippen molar-refractivity contribution in [2.75, 3.05) is 0 Å². The van der Waals surface area contributed by atoms with Gasteiger partial charge in [-0.25, -0.2) is 9.78 Å². The largest absolute Gasteiger partial charge is 0.473 e. The van der Waals surface area contributed by atoms with Gasteiger partial charge in [0, 0.05) is 31.1 Å². The third kappa shape index (κ3) is 4.59. The van der Waals surface area contributed by atoms with Crippen LogP contribution in [-0.4, -0.2) is 39.8 Å². The Hall–Kier alpha value is -1.70. The normalized spacial score (nSPS) is 25.4. The van der Waals surface area contributed by atoms with Crippen molar-refractivity contribution in [3.05, 3.63) is 22.8 Å². The molecule has 5 nitrogen and oxygen atoms in total. The zero-order chi connectivity index (χ0) is 20.0. The molecule has 0 aromatic carbocycles. The van der Waals surface area contributed by atoms with Gasteiger partial charge in [-0.1, -0.05) is 11.6 Å². The van der Waals surface area contributed by atoms with Gasteiger partial charge in [0.15, 0.2) is 0 Å². The molecule has 2 fully saturated rings. The van der Waals surface area contributed by atoms with Crippen LogP contribution in [-0.2, 0) is 10.9 Å². The fourth-order valence-electron chi connectivity index (χ4n) is 3.66. The van der Waals surface area contributed by atoms with Crippen LogP contribution in [0.4, 0.5) is 18.0 Å². The third-order valence-corrected chi connectivity index (χ3v) is 4.98. The number of pyridine rings is 1. The quantitative estimate of drug-likeness (QED) is 0.688. The van der Waals surface area contributed by atoms with Gasteiger partial charge in [0.2, 0.25) is 5.88 Å². The molecule has 0 aliphatic carbocycles. The lowest BCUT2D eigenvalue weighted by Crippen LogP contribution is -2.50. The fraction of sp³-hybridized carbons (Fsp3) is 0.667. The zero-order valence-corrected chi connectivity index (χ0v) is 16.1. The van der Waals surface area contributed by atoms with E-state index < -0.39 is 17.3 Å². The van der Waals surface area contributed by atoms with Crippen LogP contribution < -0.4 is 4.74 Å². The maximum absolute atomic E-state index is 12.7. The highest BCUT2D eigenvalue weighted by atomic mass is 35.5. The molecular weight excluding hydrogens is 385 g/mol. The summed E-state index contributed by atoms with van der Waals surface area (Å²) in [5.74, 6) is -0.0141. The Morgan fingerprint density at radius 1 is 1.22 bits per heavy atom. The number of amides is 1. The summed E-state index contributed by atoms with van der Waals surface area (Å²) in [6.45, 7) is 5.46. The van der Waals surface area contributed by atoms with Gasteiger partial charge >= 0.3 is 12.3 Å². The van der Waals surface area contributed by atoms with Crippen LogP contribution in [0.1, 0.15) is 52.0 Å². The average Bonchev–Trinajstić information content (AvgIpc) is 2.78. The van der Waals surface area contributed by atoms with Crippen molar-refractivity contribution < 1.29 is 27.4 Å². The van der Waals surface area contributed by atoms with Crippen molar-refractivity contribution in [1.29, 1.82) is 0 Å². The van der Waals surface area contributed by atoms with E-state index in [9.17, 15) is 18.0 Å². The smallest absolute Gasteiger partial charge is 0.417 e. The molecule has 0 radical (unpaired) electrons. The summed E-state index contributed by atoms with van der Waals surface area (Å²) in [5, 5.41) is -0.174. The molecule has 27 heavy (non-hydrogen) atoms. The van der Waals surface area contributed by atoms with E-state index in [0.29, 0.717) is 19.0 Å². The topological polar surface area (TPSA) is 51.7 Å². The van der Waals surface area contributed by atoms with Gasteiger partial charge < -0.3 is 14.4 Å². The Labute approximate surface area is 160 Å². The molecule has 2 aliphatic heterocycles. The van der Waals surface area contributed by atoms with Crippen LogP contribution in [0.25, 0.3) is 0 Å². The van der Waals surface area contributed by atoms with Gasteiger partial charge in [-0.05, 0) is 39.7 Å². The molecule has 9 heteroatoms. The summed E-state index contributed by atoms with van der Waals surface area (Å²) in [7, 11) is 0. The minimum atomic E-state index is -4.51. The monoisotopic (exact) mass is 406 g/mol. The van der Waals surface area contributed by atoms with E-state index in [1.807, 2.05) is 20.8 Å². The van der Waals surface area contributed by atoms with Gasteiger partial charge in [-0.2, -0.15) is 13.2 Å². The summed E-state index contributed by atoms with van der Waals surface area (Å²) in [5.41, 5.74) is -1.48. The van der Waals surface area contributed by atoms with E-state index in [4.69, 9.17) is 21.1 Å².